The van der Waals surface area contributed by atoms with Gasteiger partial charge in [-0.1, -0.05) is 28.1 Å². The molecular formula is C16H15BrN2OS. The van der Waals surface area contributed by atoms with Crippen LogP contribution in [0.25, 0.3) is 11.0 Å². The van der Waals surface area contributed by atoms with Gasteiger partial charge in [0.2, 0.25) is 0 Å². The number of aromatic amines is 1. The maximum absolute atomic E-state index is 5.43. The molecule has 1 aromatic heterocycles. The fourth-order valence-corrected chi connectivity index (χ4v) is 3.07. The molecule has 0 atom stereocenters. The minimum absolute atomic E-state index is 0.756. The Morgan fingerprint density at radius 2 is 2.10 bits per heavy atom. The van der Waals surface area contributed by atoms with E-state index >= 15 is 0 Å². The number of nitrogens with one attached hydrogen (secondary N) is 1. The fourth-order valence-electron chi connectivity index (χ4n) is 2.42. The van der Waals surface area contributed by atoms with E-state index in [1.807, 2.05) is 24.3 Å². The average molecular weight is 363 g/mol. The largest absolute Gasteiger partial charge is 0.497 e. The Morgan fingerprint density at radius 1 is 1.24 bits per heavy atom. The van der Waals surface area contributed by atoms with Crippen LogP contribution in [0.15, 0.2) is 46.9 Å². The zero-order chi connectivity index (χ0) is 14.8. The first kappa shape index (κ1) is 14.4. The maximum Gasteiger partial charge on any atom is 0.178 e. The summed E-state index contributed by atoms with van der Waals surface area (Å²) >= 11 is 8.94. The second-order valence-electron chi connectivity index (χ2n) is 4.84. The lowest BCUT2D eigenvalue weighted by Gasteiger charge is -2.07. The van der Waals surface area contributed by atoms with Crippen LogP contribution in [0.2, 0.25) is 0 Å². The Morgan fingerprint density at radius 3 is 2.90 bits per heavy atom. The highest BCUT2D eigenvalue weighted by Gasteiger charge is 2.05. The number of aryl methyl sites for hydroxylation is 2. The van der Waals surface area contributed by atoms with Gasteiger partial charge in [-0.15, -0.1) is 0 Å². The van der Waals surface area contributed by atoms with E-state index in [1.54, 1.807) is 7.11 Å². The summed E-state index contributed by atoms with van der Waals surface area (Å²) in [5.74, 6) is 0.887. The van der Waals surface area contributed by atoms with Crippen molar-refractivity contribution >= 4 is 39.2 Å². The van der Waals surface area contributed by atoms with E-state index in [4.69, 9.17) is 17.0 Å². The average Bonchev–Trinajstić information content (AvgIpc) is 2.80. The van der Waals surface area contributed by atoms with Crippen LogP contribution in [0, 0.1) is 4.77 Å². The zero-order valence-corrected chi connectivity index (χ0v) is 14.0. The minimum atomic E-state index is 0.756. The molecule has 1 N–H and O–H groups in total. The molecule has 3 aromatic rings. The van der Waals surface area contributed by atoms with Crippen LogP contribution in [-0.4, -0.2) is 16.7 Å². The summed E-state index contributed by atoms with van der Waals surface area (Å²) in [6, 6.07) is 14.3. The molecule has 3 rings (SSSR count). The number of nitrogens with zero attached hydrogens (tertiary/aromatic N) is 1. The van der Waals surface area contributed by atoms with Crippen molar-refractivity contribution in [1.29, 1.82) is 0 Å². The molecule has 0 aliphatic rings. The Hall–Kier alpha value is -1.59. The number of hydrogen-bond acceptors (Lipinski definition) is 2. The first-order valence-corrected chi connectivity index (χ1v) is 7.88. The number of halogens is 1. The Bertz CT molecular complexity index is 838. The number of imidazole rings is 1. The summed E-state index contributed by atoms with van der Waals surface area (Å²) in [5.41, 5.74) is 3.42. The van der Waals surface area contributed by atoms with Crippen molar-refractivity contribution in [2.24, 2.45) is 0 Å². The molecular weight excluding hydrogens is 348 g/mol. The number of aromatic nitrogens is 2. The van der Waals surface area contributed by atoms with Gasteiger partial charge in [0.05, 0.1) is 18.1 Å². The van der Waals surface area contributed by atoms with E-state index in [0.717, 1.165) is 39.0 Å². The van der Waals surface area contributed by atoms with Crippen molar-refractivity contribution < 1.29 is 4.74 Å². The monoisotopic (exact) mass is 362 g/mol. The highest BCUT2D eigenvalue weighted by atomic mass is 79.9. The molecule has 0 amide bonds. The van der Waals surface area contributed by atoms with Gasteiger partial charge < -0.3 is 14.3 Å². The van der Waals surface area contributed by atoms with Crippen LogP contribution in [-0.2, 0) is 13.0 Å². The number of rotatable bonds is 4. The van der Waals surface area contributed by atoms with E-state index < -0.39 is 0 Å². The summed E-state index contributed by atoms with van der Waals surface area (Å²) in [4.78, 5) is 3.25. The van der Waals surface area contributed by atoms with Crippen molar-refractivity contribution in [3.8, 4) is 5.75 Å². The maximum atomic E-state index is 5.43. The smallest absolute Gasteiger partial charge is 0.178 e. The zero-order valence-electron chi connectivity index (χ0n) is 11.6. The minimum Gasteiger partial charge on any atom is -0.497 e. The lowest BCUT2D eigenvalue weighted by molar-refractivity contribution is 0.414. The van der Waals surface area contributed by atoms with Crippen LogP contribution in [0.5, 0.6) is 5.75 Å². The number of fused-ring (bicyclic) bond motifs is 1. The molecule has 0 saturated heterocycles. The normalized spacial score (nSPS) is 11.0. The molecule has 21 heavy (non-hydrogen) atoms. The SMILES string of the molecule is COc1cccc(CCn2c(=S)[nH]c3ccc(Br)cc32)c1. The molecule has 0 spiro atoms. The molecule has 0 unspecified atom stereocenters. The summed E-state index contributed by atoms with van der Waals surface area (Å²) in [7, 11) is 1.69. The number of ether oxygens (including phenoxy) is 1. The van der Waals surface area contributed by atoms with Gasteiger partial charge in [-0.05, 0) is 54.5 Å². The molecule has 2 aromatic carbocycles. The third kappa shape index (κ3) is 3.04. The second kappa shape index (κ2) is 6.03. The molecule has 3 nitrogen and oxygen atoms in total. The summed E-state index contributed by atoms with van der Waals surface area (Å²) in [6.07, 6.45) is 0.908. The van der Waals surface area contributed by atoms with E-state index in [2.05, 4.69) is 43.7 Å². The fraction of sp³-hybridized carbons (Fsp3) is 0.188. The molecule has 0 aliphatic carbocycles. The van der Waals surface area contributed by atoms with Gasteiger partial charge in [-0.25, -0.2) is 0 Å². The highest BCUT2D eigenvalue weighted by Crippen LogP contribution is 2.21. The van der Waals surface area contributed by atoms with Crippen molar-refractivity contribution in [2.75, 3.05) is 7.11 Å². The lowest BCUT2D eigenvalue weighted by Crippen LogP contribution is -2.01. The van der Waals surface area contributed by atoms with Crippen molar-refractivity contribution in [3.05, 3.63) is 57.3 Å². The standard InChI is InChI=1S/C16H15BrN2OS/c1-20-13-4-2-3-11(9-13)7-8-19-15-10-12(17)5-6-14(15)18-16(19)21/h2-6,9-10H,7-8H2,1H3,(H,18,21). The van der Waals surface area contributed by atoms with Gasteiger partial charge in [-0.3, -0.25) is 0 Å². The molecule has 0 radical (unpaired) electrons. The lowest BCUT2D eigenvalue weighted by atomic mass is 10.1. The van der Waals surface area contributed by atoms with E-state index in [0.29, 0.717) is 0 Å². The van der Waals surface area contributed by atoms with Crippen LogP contribution in [0.1, 0.15) is 5.56 Å². The third-order valence-corrected chi connectivity index (χ3v) is 4.31. The number of H-pyrrole nitrogens is 1. The van der Waals surface area contributed by atoms with Crippen molar-refractivity contribution in [3.63, 3.8) is 0 Å². The molecule has 108 valence electrons. The van der Waals surface area contributed by atoms with Crippen LogP contribution < -0.4 is 4.74 Å². The number of methoxy groups -OCH3 is 1. The first-order valence-electron chi connectivity index (χ1n) is 6.68. The second-order valence-corrected chi connectivity index (χ2v) is 6.15. The molecule has 0 bridgehead atoms. The van der Waals surface area contributed by atoms with Gasteiger partial charge >= 0.3 is 0 Å². The Kier molecular flexibility index (Phi) is 4.12. The number of hydrogen-bond donors (Lipinski definition) is 1. The van der Waals surface area contributed by atoms with Crippen LogP contribution in [0.3, 0.4) is 0 Å². The topological polar surface area (TPSA) is 29.9 Å². The summed E-state index contributed by atoms with van der Waals surface area (Å²) in [6.45, 7) is 0.836. The quantitative estimate of drug-likeness (QED) is 0.681. The predicted molar refractivity (Wildman–Crippen MR) is 91.5 cm³/mol. The molecule has 0 aliphatic heterocycles. The molecule has 1 heterocycles. The summed E-state index contributed by atoms with van der Waals surface area (Å²) < 4.78 is 9.21. The van der Waals surface area contributed by atoms with Crippen LogP contribution in [0.4, 0.5) is 0 Å². The first-order chi connectivity index (χ1) is 10.2. The molecule has 5 heteroatoms. The predicted octanol–water partition coefficient (Wildman–Crippen LogP) is 4.71. The van der Waals surface area contributed by atoms with Gasteiger partial charge in [-0.2, -0.15) is 0 Å². The Labute approximate surface area is 136 Å². The van der Waals surface area contributed by atoms with Crippen LogP contribution >= 0.6 is 28.1 Å². The van der Waals surface area contributed by atoms with E-state index in [-0.39, 0.29) is 0 Å². The van der Waals surface area contributed by atoms with Crippen molar-refractivity contribution in [2.45, 2.75) is 13.0 Å². The number of benzene rings is 2. The van der Waals surface area contributed by atoms with E-state index in [1.165, 1.54) is 5.56 Å². The van der Waals surface area contributed by atoms with Crippen molar-refractivity contribution in [1.82, 2.24) is 9.55 Å². The summed E-state index contributed by atoms with van der Waals surface area (Å²) in [5, 5.41) is 0. The third-order valence-electron chi connectivity index (χ3n) is 3.50. The molecule has 0 saturated carbocycles. The van der Waals surface area contributed by atoms with Gasteiger partial charge in [0.1, 0.15) is 5.75 Å². The van der Waals surface area contributed by atoms with Gasteiger partial charge in [0.15, 0.2) is 4.77 Å². The molecule has 0 fully saturated rings. The van der Waals surface area contributed by atoms with Gasteiger partial charge in [0, 0.05) is 11.0 Å². The van der Waals surface area contributed by atoms with E-state index in [9.17, 15) is 0 Å². The Balaban J connectivity index is 1.89. The highest BCUT2D eigenvalue weighted by molar-refractivity contribution is 9.10. The van der Waals surface area contributed by atoms with Gasteiger partial charge in [0.25, 0.3) is 0 Å².